The Morgan fingerprint density at radius 1 is 0.892 bits per heavy atom. The topological polar surface area (TPSA) is 63.9 Å². The maximum atomic E-state index is 13.1. The van der Waals surface area contributed by atoms with E-state index in [2.05, 4.69) is 34.2 Å². The fourth-order valence-electron chi connectivity index (χ4n) is 4.57. The molecule has 1 aliphatic rings. The summed E-state index contributed by atoms with van der Waals surface area (Å²) in [7, 11) is -1.81. The monoisotopic (exact) mass is 533 g/mol. The number of nitrogens with zero attached hydrogens (tertiary/aromatic N) is 3. The second-order valence-electron chi connectivity index (χ2n) is 9.09. The standard InChI is InChI=1S/C29H31N3O3S2/c1-35-26-14-12-25(13-15-26)30-29-32(21-18-23-8-4-2-5-9-23)28(22-36-29)24-10-16-27(17-11-24)37(33,34)31-19-6-3-7-20-31/h2,4-5,8-17,22H,3,6-7,18-21H2,1H3. The Hall–Kier alpha value is -3.20. The van der Waals surface area contributed by atoms with Crippen LogP contribution in [0.15, 0.2) is 94.1 Å². The van der Waals surface area contributed by atoms with E-state index in [9.17, 15) is 8.42 Å². The molecule has 0 saturated carbocycles. The van der Waals surface area contributed by atoms with E-state index in [1.807, 2.05) is 42.5 Å². The molecule has 0 atom stereocenters. The number of thiazole rings is 1. The first-order chi connectivity index (χ1) is 18.0. The van der Waals surface area contributed by atoms with Gasteiger partial charge in [-0.05, 0) is 66.8 Å². The van der Waals surface area contributed by atoms with Crippen LogP contribution in [-0.4, -0.2) is 37.5 Å². The number of benzene rings is 3. The van der Waals surface area contributed by atoms with Gasteiger partial charge in [0, 0.05) is 25.0 Å². The molecule has 0 radical (unpaired) electrons. The average Bonchev–Trinajstić information content (AvgIpc) is 3.35. The van der Waals surface area contributed by atoms with E-state index < -0.39 is 10.0 Å². The number of sulfonamides is 1. The summed E-state index contributed by atoms with van der Waals surface area (Å²) in [6.45, 7) is 1.96. The molecular formula is C29H31N3O3S2. The van der Waals surface area contributed by atoms with Crippen LogP contribution in [0, 0.1) is 0 Å². The van der Waals surface area contributed by atoms with Crippen LogP contribution in [0.4, 0.5) is 5.69 Å². The molecular weight excluding hydrogens is 502 g/mol. The number of aryl methyl sites for hydroxylation is 1. The van der Waals surface area contributed by atoms with E-state index in [-0.39, 0.29) is 0 Å². The molecule has 0 amide bonds. The van der Waals surface area contributed by atoms with Crippen molar-refractivity contribution >= 4 is 27.0 Å². The lowest BCUT2D eigenvalue weighted by Crippen LogP contribution is -2.35. The molecule has 192 valence electrons. The highest BCUT2D eigenvalue weighted by Gasteiger charge is 2.25. The SMILES string of the molecule is COc1ccc(N=c2scc(-c3ccc(S(=O)(=O)N4CCCCC4)cc3)n2CCc2ccccc2)cc1. The van der Waals surface area contributed by atoms with Gasteiger partial charge in [0.2, 0.25) is 10.0 Å². The summed E-state index contributed by atoms with van der Waals surface area (Å²) in [4.78, 5) is 6.16. The Morgan fingerprint density at radius 3 is 2.27 bits per heavy atom. The van der Waals surface area contributed by atoms with Crippen molar-refractivity contribution in [3.05, 3.63) is 94.6 Å². The second-order valence-corrected chi connectivity index (χ2v) is 11.9. The molecule has 0 bridgehead atoms. The smallest absolute Gasteiger partial charge is 0.243 e. The summed E-state index contributed by atoms with van der Waals surface area (Å²) >= 11 is 1.58. The highest BCUT2D eigenvalue weighted by molar-refractivity contribution is 7.89. The largest absolute Gasteiger partial charge is 0.497 e. The normalized spacial score (nSPS) is 15.1. The third-order valence-electron chi connectivity index (χ3n) is 6.66. The van der Waals surface area contributed by atoms with Gasteiger partial charge < -0.3 is 9.30 Å². The average molecular weight is 534 g/mol. The molecule has 0 unspecified atom stereocenters. The predicted octanol–water partition coefficient (Wildman–Crippen LogP) is 5.87. The minimum absolute atomic E-state index is 0.354. The van der Waals surface area contributed by atoms with E-state index in [4.69, 9.17) is 9.73 Å². The summed E-state index contributed by atoms with van der Waals surface area (Å²) in [6, 6.07) is 25.4. The summed E-state index contributed by atoms with van der Waals surface area (Å²) in [5.41, 5.74) is 4.10. The van der Waals surface area contributed by atoms with Gasteiger partial charge in [0.1, 0.15) is 5.75 Å². The van der Waals surface area contributed by atoms with Gasteiger partial charge in [-0.15, -0.1) is 11.3 Å². The summed E-state index contributed by atoms with van der Waals surface area (Å²) in [6.07, 6.45) is 3.81. The van der Waals surface area contributed by atoms with Gasteiger partial charge in [-0.3, -0.25) is 0 Å². The Labute approximate surface area is 222 Å². The van der Waals surface area contributed by atoms with Crippen LogP contribution in [0.25, 0.3) is 11.3 Å². The maximum Gasteiger partial charge on any atom is 0.243 e. The van der Waals surface area contributed by atoms with Crippen molar-refractivity contribution in [2.45, 2.75) is 37.1 Å². The molecule has 0 spiro atoms. The molecule has 5 rings (SSSR count). The quantitative estimate of drug-likeness (QED) is 0.284. The lowest BCUT2D eigenvalue weighted by atomic mass is 10.1. The highest BCUT2D eigenvalue weighted by Crippen LogP contribution is 2.26. The zero-order valence-electron chi connectivity index (χ0n) is 20.9. The van der Waals surface area contributed by atoms with Crippen LogP contribution in [-0.2, 0) is 23.0 Å². The van der Waals surface area contributed by atoms with Crippen LogP contribution < -0.4 is 9.54 Å². The molecule has 1 fully saturated rings. The first-order valence-electron chi connectivity index (χ1n) is 12.6. The third-order valence-corrected chi connectivity index (χ3v) is 9.44. The molecule has 1 aliphatic heterocycles. The van der Waals surface area contributed by atoms with Crippen molar-refractivity contribution in [2.75, 3.05) is 20.2 Å². The Bertz CT molecular complexity index is 1480. The predicted molar refractivity (Wildman–Crippen MR) is 149 cm³/mol. The van der Waals surface area contributed by atoms with Gasteiger partial charge in [0.05, 0.1) is 23.4 Å². The molecule has 37 heavy (non-hydrogen) atoms. The van der Waals surface area contributed by atoms with Crippen molar-refractivity contribution in [1.29, 1.82) is 0 Å². The van der Waals surface area contributed by atoms with Crippen LogP contribution in [0.2, 0.25) is 0 Å². The zero-order valence-corrected chi connectivity index (χ0v) is 22.5. The molecule has 1 aromatic heterocycles. The number of rotatable bonds is 8. The first-order valence-corrected chi connectivity index (χ1v) is 14.9. The number of hydrogen-bond acceptors (Lipinski definition) is 5. The molecule has 0 N–H and O–H groups in total. The number of piperidine rings is 1. The molecule has 1 saturated heterocycles. The van der Waals surface area contributed by atoms with Crippen LogP contribution in [0.1, 0.15) is 24.8 Å². The van der Waals surface area contributed by atoms with Gasteiger partial charge in [0.15, 0.2) is 4.80 Å². The van der Waals surface area contributed by atoms with Gasteiger partial charge in [0.25, 0.3) is 0 Å². The fourth-order valence-corrected chi connectivity index (χ4v) is 7.04. The molecule has 3 aromatic carbocycles. The lowest BCUT2D eigenvalue weighted by molar-refractivity contribution is 0.346. The van der Waals surface area contributed by atoms with Crippen LogP contribution in [0.3, 0.4) is 0 Å². The Balaban J connectivity index is 1.48. The molecule has 8 heteroatoms. The van der Waals surface area contributed by atoms with Crippen molar-refractivity contribution in [3.8, 4) is 17.0 Å². The lowest BCUT2D eigenvalue weighted by Gasteiger charge is -2.25. The van der Waals surface area contributed by atoms with Gasteiger partial charge in [-0.25, -0.2) is 13.4 Å². The molecule has 2 heterocycles. The maximum absolute atomic E-state index is 13.1. The Kier molecular flexibility index (Phi) is 7.88. The van der Waals surface area contributed by atoms with Crippen LogP contribution >= 0.6 is 11.3 Å². The van der Waals surface area contributed by atoms with E-state index in [1.165, 1.54) is 5.56 Å². The van der Waals surface area contributed by atoms with E-state index in [0.29, 0.717) is 18.0 Å². The second kappa shape index (κ2) is 11.5. The van der Waals surface area contributed by atoms with Gasteiger partial charge in [-0.2, -0.15) is 4.31 Å². The van der Waals surface area contributed by atoms with Crippen molar-refractivity contribution in [3.63, 3.8) is 0 Å². The zero-order chi connectivity index (χ0) is 25.7. The van der Waals surface area contributed by atoms with Gasteiger partial charge in [-0.1, -0.05) is 48.9 Å². The minimum Gasteiger partial charge on any atom is -0.497 e. The van der Waals surface area contributed by atoms with E-state index in [0.717, 1.165) is 59.7 Å². The van der Waals surface area contributed by atoms with E-state index >= 15 is 0 Å². The molecule has 6 nitrogen and oxygen atoms in total. The Morgan fingerprint density at radius 2 is 1.59 bits per heavy atom. The van der Waals surface area contributed by atoms with Crippen molar-refractivity contribution in [2.24, 2.45) is 4.99 Å². The number of ether oxygens (including phenoxy) is 1. The summed E-state index contributed by atoms with van der Waals surface area (Å²) in [5.74, 6) is 0.794. The summed E-state index contributed by atoms with van der Waals surface area (Å²) in [5, 5.41) is 2.10. The first kappa shape index (κ1) is 25.4. The third kappa shape index (κ3) is 5.87. The number of aromatic nitrogens is 1. The fraction of sp³-hybridized carbons (Fsp3) is 0.276. The molecule has 4 aromatic rings. The summed E-state index contributed by atoms with van der Waals surface area (Å²) < 4.78 is 35.3. The molecule has 0 aliphatic carbocycles. The van der Waals surface area contributed by atoms with Crippen LogP contribution in [0.5, 0.6) is 5.75 Å². The minimum atomic E-state index is -3.46. The van der Waals surface area contributed by atoms with Crippen molar-refractivity contribution in [1.82, 2.24) is 8.87 Å². The highest BCUT2D eigenvalue weighted by atomic mass is 32.2. The number of methoxy groups -OCH3 is 1. The number of hydrogen-bond donors (Lipinski definition) is 0. The van der Waals surface area contributed by atoms with Crippen molar-refractivity contribution < 1.29 is 13.2 Å². The van der Waals surface area contributed by atoms with E-state index in [1.54, 1.807) is 34.9 Å². The van der Waals surface area contributed by atoms with Gasteiger partial charge >= 0.3 is 0 Å².